The second-order valence-corrected chi connectivity index (χ2v) is 10.8. The third-order valence-corrected chi connectivity index (χ3v) is 7.18. The Balaban J connectivity index is 1.42. The molecule has 0 amide bonds. The van der Waals surface area contributed by atoms with Crippen LogP contribution < -0.4 is 9.80 Å². The van der Waals surface area contributed by atoms with E-state index in [1.165, 1.54) is 11.4 Å². The Morgan fingerprint density at radius 3 is 1.16 bits per heavy atom. The van der Waals surface area contributed by atoms with Gasteiger partial charge in [-0.25, -0.2) is 0 Å². The summed E-state index contributed by atoms with van der Waals surface area (Å²) in [5, 5.41) is 17.6. The molecule has 228 valence electrons. The van der Waals surface area contributed by atoms with Gasteiger partial charge in [-0.3, -0.25) is 4.79 Å². The normalized spacial score (nSPS) is 11.4. The van der Waals surface area contributed by atoms with Crippen molar-refractivity contribution in [3.63, 3.8) is 0 Å². The fraction of sp³-hybridized carbons (Fsp3) is 0.324. The van der Waals surface area contributed by atoms with Crippen molar-refractivity contribution in [2.45, 2.75) is 53.4 Å². The highest BCUT2D eigenvalue weighted by atomic mass is 16.1. The van der Waals surface area contributed by atoms with Crippen LogP contribution in [0.5, 0.6) is 0 Å². The van der Waals surface area contributed by atoms with Crippen molar-refractivity contribution in [2.75, 3.05) is 36.0 Å². The number of azo groups is 2. The SMILES string of the molecule is CCCN(CCC)c1ccc(N=Nc2cccc(C(=O)c3cccc(N=Nc4ccc(N(CCC)CCC)cc4)c3)c2)cc1. The maximum atomic E-state index is 13.4. The van der Waals surface area contributed by atoms with Gasteiger partial charge in [0, 0.05) is 48.7 Å². The van der Waals surface area contributed by atoms with Crippen LogP contribution in [0.2, 0.25) is 0 Å². The van der Waals surface area contributed by atoms with E-state index in [1.54, 1.807) is 24.3 Å². The Kier molecular flexibility index (Phi) is 12.4. The molecule has 0 saturated heterocycles. The van der Waals surface area contributed by atoms with Crippen LogP contribution in [0.4, 0.5) is 34.1 Å². The number of rotatable bonds is 16. The molecule has 0 radical (unpaired) electrons. The number of ketones is 1. The molecule has 0 unspecified atom stereocenters. The first kappa shape index (κ1) is 32.3. The number of anilines is 2. The van der Waals surface area contributed by atoms with Crippen LogP contribution in [0.25, 0.3) is 0 Å². The zero-order valence-electron chi connectivity index (χ0n) is 26.5. The lowest BCUT2D eigenvalue weighted by atomic mass is 10.0. The van der Waals surface area contributed by atoms with E-state index in [-0.39, 0.29) is 5.78 Å². The first-order valence-corrected chi connectivity index (χ1v) is 15.8. The van der Waals surface area contributed by atoms with E-state index in [0.717, 1.165) is 63.2 Å². The lowest BCUT2D eigenvalue weighted by Gasteiger charge is -2.23. The highest BCUT2D eigenvalue weighted by Crippen LogP contribution is 2.26. The molecule has 0 aromatic heterocycles. The zero-order chi connectivity index (χ0) is 31.1. The van der Waals surface area contributed by atoms with Crippen LogP contribution in [-0.4, -0.2) is 32.0 Å². The topological polar surface area (TPSA) is 73.0 Å². The summed E-state index contributed by atoms with van der Waals surface area (Å²) in [5.74, 6) is -0.105. The quantitative estimate of drug-likeness (QED) is 0.0965. The van der Waals surface area contributed by atoms with Crippen molar-refractivity contribution in [3.8, 4) is 0 Å². The van der Waals surface area contributed by atoms with Crippen molar-refractivity contribution >= 4 is 39.9 Å². The number of hydrogen-bond donors (Lipinski definition) is 0. The van der Waals surface area contributed by atoms with Crippen molar-refractivity contribution < 1.29 is 4.79 Å². The molecule has 0 bridgehead atoms. The summed E-state index contributed by atoms with van der Waals surface area (Å²) < 4.78 is 0. The largest absolute Gasteiger partial charge is 0.372 e. The van der Waals surface area contributed by atoms with E-state index in [0.29, 0.717) is 22.5 Å². The second kappa shape index (κ2) is 16.8. The predicted octanol–water partition coefficient (Wildman–Crippen LogP) is 11.0. The van der Waals surface area contributed by atoms with Crippen LogP contribution in [0.1, 0.15) is 69.3 Å². The van der Waals surface area contributed by atoms with Gasteiger partial charge in [0.25, 0.3) is 0 Å². The zero-order valence-corrected chi connectivity index (χ0v) is 26.5. The maximum Gasteiger partial charge on any atom is 0.193 e. The standard InChI is InChI=1S/C37H44N6O/c1-5-23-42(24-6-2)35-19-15-31(16-20-35)38-40-33-13-9-11-29(27-33)37(44)30-12-10-14-34(28-30)41-39-32-17-21-36(22-18-32)43(25-7-3)26-8-4/h9-22,27-28H,5-8,23-26H2,1-4H3. The van der Waals surface area contributed by atoms with Crippen LogP contribution in [0, 0.1) is 0 Å². The van der Waals surface area contributed by atoms with E-state index in [1.807, 2.05) is 48.5 Å². The molecule has 4 aromatic carbocycles. The van der Waals surface area contributed by atoms with E-state index >= 15 is 0 Å². The van der Waals surface area contributed by atoms with E-state index in [9.17, 15) is 4.79 Å². The summed E-state index contributed by atoms with van der Waals surface area (Å²) in [6.45, 7) is 12.9. The molecule has 0 N–H and O–H groups in total. The molecule has 0 fully saturated rings. The van der Waals surface area contributed by atoms with Gasteiger partial charge in [-0.15, -0.1) is 0 Å². The van der Waals surface area contributed by atoms with Crippen LogP contribution in [-0.2, 0) is 0 Å². The Labute approximate surface area is 262 Å². The molecule has 7 nitrogen and oxygen atoms in total. The Morgan fingerprint density at radius 1 is 0.477 bits per heavy atom. The van der Waals surface area contributed by atoms with Crippen LogP contribution >= 0.6 is 0 Å². The molecule has 0 aliphatic carbocycles. The first-order chi connectivity index (χ1) is 21.5. The molecule has 0 aliphatic rings. The summed E-state index contributed by atoms with van der Waals surface area (Å²) >= 11 is 0. The van der Waals surface area contributed by atoms with Crippen molar-refractivity contribution in [1.29, 1.82) is 0 Å². The van der Waals surface area contributed by atoms with E-state index in [4.69, 9.17) is 0 Å². The minimum absolute atomic E-state index is 0.105. The molecule has 0 spiro atoms. The third-order valence-electron chi connectivity index (χ3n) is 7.18. The van der Waals surface area contributed by atoms with E-state index < -0.39 is 0 Å². The van der Waals surface area contributed by atoms with Crippen LogP contribution in [0.15, 0.2) is 118 Å². The van der Waals surface area contributed by atoms with Gasteiger partial charge in [-0.1, -0.05) is 52.0 Å². The lowest BCUT2D eigenvalue weighted by Crippen LogP contribution is -2.24. The van der Waals surface area contributed by atoms with Crippen molar-refractivity contribution in [2.24, 2.45) is 20.5 Å². The lowest BCUT2D eigenvalue weighted by molar-refractivity contribution is 0.103. The molecule has 7 heteroatoms. The molecular weight excluding hydrogens is 544 g/mol. The van der Waals surface area contributed by atoms with Gasteiger partial charge >= 0.3 is 0 Å². The van der Waals surface area contributed by atoms with Gasteiger partial charge in [-0.2, -0.15) is 20.5 Å². The summed E-state index contributed by atoms with van der Waals surface area (Å²) in [6, 6.07) is 30.7. The molecule has 44 heavy (non-hydrogen) atoms. The Hall–Kier alpha value is -4.65. The molecule has 0 saturated carbocycles. The molecule has 4 rings (SSSR count). The van der Waals surface area contributed by atoms with Gasteiger partial charge in [0.05, 0.1) is 22.7 Å². The third kappa shape index (κ3) is 9.17. The fourth-order valence-electron chi connectivity index (χ4n) is 5.10. The first-order valence-electron chi connectivity index (χ1n) is 15.8. The van der Waals surface area contributed by atoms with Gasteiger partial charge < -0.3 is 9.80 Å². The highest BCUT2D eigenvalue weighted by molar-refractivity contribution is 6.09. The average molecular weight is 589 g/mol. The maximum absolute atomic E-state index is 13.4. The number of benzene rings is 4. The molecule has 0 atom stereocenters. The Morgan fingerprint density at radius 2 is 0.818 bits per heavy atom. The van der Waals surface area contributed by atoms with Gasteiger partial charge in [0.15, 0.2) is 5.78 Å². The minimum atomic E-state index is -0.105. The smallest absolute Gasteiger partial charge is 0.193 e. The summed E-state index contributed by atoms with van der Waals surface area (Å²) in [7, 11) is 0. The highest BCUT2D eigenvalue weighted by Gasteiger charge is 2.11. The summed E-state index contributed by atoms with van der Waals surface area (Å²) in [6.07, 6.45) is 4.43. The van der Waals surface area contributed by atoms with Gasteiger partial charge in [0.2, 0.25) is 0 Å². The second-order valence-electron chi connectivity index (χ2n) is 10.8. The molecule has 0 aliphatic heterocycles. The summed E-state index contributed by atoms with van der Waals surface area (Å²) in [4.78, 5) is 18.1. The Bertz CT molecular complexity index is 1400. The predicted molar refractivity (Wildman–Crippen MR) is 183 cm³/mol. The molecular formula is C37H44N6O. The molecule has 4 aromatic rings. The number of nitrogens with zero attached hydrogens (tertiary/aromatic N) is 6. The van der Waals surface area contributed by atoms with Gasteiger partial charge in [-0.05, 0) is 98.5 Å². The monoisotopic (exact) mass is 588 g/mol. The van der Waals surface area contributed by atoms with Crippen molar-refractivity contribution in [1.82, 2.24) is 0 Å². The fourth-order valence-corrected chi connectivity index (χ4v) is 5.10. The van der Waals surface area contributed by atoms with Crippen LogP contribution in [0.3, 0.4) is 0 Å². The number of carbonyl (C=O) groups is 1. The van der Waals surface area contributed by atoms with Crippen molar-refractivity contribution in [3.05, 3.63) is 108 Å². The number of carbonyl (C=O) groups excluding carboxylic acids is 1. The average Bonchev–Trinajstić information content (AvgIpc) is 3.06. The minimum Gasteiger partial charge on any atom is -0.372 e. The number of hydrogen-bond acceptors (Lipinski definition) is 7. The van der Waals surface area contributed by atoms with Gasteiger partial charge in [0.1, 0.15) is 0 Å². The summed E-state index contributed by atoms with van der Waals surface area (Å²) in [5.41, 5.74) is 6.25. The molecule has 0 heterocycles. The van der Waals surface area contributed by atoms with E-state index in [2.05, 4.69) is 82.2 Å².